The minimum atomic E-state index is 0.150. The van der Waals surface area contributed by atoms with Gasteiger partial charge in [0.05, 0.1) is 0 Å². The summed E-state index contributed by atoms with van der Waals surface area (Å²) in [5, 5.41) is 0. The molecule has 94 valence electrons. The van der Waals surface area contributed by atoms with Gasteiger partial charge in [-0.05, 0) is 5.56 Å². The Morgan fingerprint density at radius 2 is 1.83 bits per heavy atom. The molecule has 0 aliphatic rings. The molecule has 0 atom stereocenters. The van der Waals surface area contributed by atoms with Crippen molar-refractivity contribution in [3.63, 3.8) is 0 Å². The molecule has 2 rings (SSSR count). The summed E-state index contributed by atoms with van der Waals surface area (Å²) in [6.07, 6.45) is 0. The normalized spacial score (nSPS) is 10.1. The number of aromatic nitrogens is 3. The molecule has 0 unspecified atom stereocenters. The van der Waals surface area contributed by atoms with Gasteiger partial charge in [-0.1, -0.05) is 30.3 Å². The van der Waals surface area contributed by atoms with Crippen molar-refractivity contribution >= 4 is 11.9 Å². The first kappa shape index (κ1) is 12.1. The molecule has 6 nitrogen and oxygen atoms in total. The first-order chi connectivity index (χ1) is 8.65. The third-order valence-electron chi connectivity index (χ3n) is 2.23. The van der Waals surface area contributed by atoms with E-state index in [4.69, 9.17) is 10.5 Å². The molecule has 0 saturated carbocycles. The number of nitrogens with two attached hydrogens (primary N) is 1. The summed E-state index contributed by atoms with van der Waals surface area (Å²) in [6.45, 7) is 0.400. The quantitative estimate of drug-likeness (QED) is 0.869. The second-order valence-corrected chi connectivity index (χ2v) is 3.94. The van der Waals surface area contributed by atoms with Gasteiger partial charge in [0, 0.05) is 14.1 Å². The van der Waals surface area contributed by atoms with Crippen LogP contribution >= 0.6 is 0 Å². The summed E-state index contributed by atoms with van der Waals surface area (Å²) in [5.74, 6) is 0.627. The molecule has 0 bridgehead atoms. The molecule has 1 aromatic carbocycles. The third kappa shape index (κ3) is 3.07. The highest BCUT2D eigenvalue weighted by Gasteiger charge is 2.07. The summed E-state index contributed by atoms with van der Waals surface area (Å²) in [5.41, 5.74) is 6.64. The summed E-state index contributed by atoms with van der Waals surface area (Å²) in [6, 6.07) is 10.0. The van der Waals surface area contributed by atoms with Crippen LogP contribution in [0.3, 0.4) is 0 Å². The van der Waals surface area contributed by atoms with E-state index in [-0.39, 0.29) is 12.0 Å². The lowest BCUT2D eigenvalue weighted by molar-refractivity contribution is 0.280. The summed E-state index contributed by atoms with van der Waals surface area (Å²) < 4.78 is 5.49. The zero-order chi connectivity index (χ0) is 13.0. The van der Waals surface area contributed by atoms with Gasteiger partial charge >= 0.3 is 6.01 Å². The van der Waals surface area contributed by atoms with Crippen molar-refractivity contribution in [2.24, 2.45) is 0 Å². The minimum Gasteiger partial charge on any atom is -0.458 e. The van der Waals surface area contributed by atoms with E-state index >= 15 is 0 Å². The maximum atomic E-state index is 5.60. The number of ether oxygens (including phenoxy) is 1. The highest BCUT2D eigenvalue weighted by atomic mass is 16.5. The van der Waals surface area contributed by atoms with Crippen LogP contribution in [0.1, 0.15) is 5.56 Å². The molecule has 0 spiro atoms. The Morgan fingerprint density at radius 1 is 1.11 bits per heavy atom. The molecule has 1 aromatic heterocycles. The van der Waals surface area contributed by atoms with Crippen LogP contribution in [0.25, 0.3) is 0 Å². The van der Waals surface area contributed by atoms with Gasteiger partial charge in [-0.15, -0.1) is 0 Å². The van der Waals surface area contributed by atoms with Crippen molar-refractivity contribution in [2.75, 3.05) is 24.7 Å². The molecular formula is C12H15N5O. The van der Waals surface area contributed by atoms with Crippen molar-refractivity contribution in [1.29, 1.82) is 0 Å². The van der Waals surface area contributed by atoms with Gasteiger partial charge in [-0.2, -0.15) is 15.0 Å². The minimum absolute atomic E-state index is 0.150. The Morgan fingerprint density at radius 3 is 2.50 bits per heavy atom. The first-order valence-electron chi connectivity index (χ1n) is 5.51. The Bertz CT molecular complexity index is 515. The predicted molar refractivity (Wildman–Crippen MR) is 69.3 cm³/mol. The molecule has 0 radical (unpaired) electrons. The van der Waals surface area contributed by atoms with Crippen LogP contribution in [0.2, 0.25) is 0 Å². The van der Waals surface area contributed by atoms with Crippen LogP contribution in [0.5, 0.6) is 6.01 Å². The van der Waals surface area contributed by atoms with Crippen molar-refractivity contribution in [1.82, 2.24) is 15.0 Å². The fourth-order valence-electron chi connectivity index (χ4n) is 1.35. The molecular weight excluding hydrogens is 230 g/mol. The summed E-state index contributed by atoms with van der Waals surface area (Å²) in [7, 11) is 3.66. The maximum Gasteiger partial charge on any atom is 0.323 e. The van der Waals surface area contributed by atoms with Gasteiger partial charge in [-0.25, -0.2) is 0 Å². The fraction of sp³-hybridized carbons (Fsp3) is 0.250. The highest BCUT2D eigenvalue weighted by Crippen LogP contribution is 2.12. The van der Waals surface area contributed by atoms with Gasteiger partial charge < -0.3 is 15.4 Å². The van der Waals surface area contributed by atoms with Crippen molar-refractivity contribution in [3.05, 3.63) is 35.9 Å². The van der Waals surface area contributed by atoms with E-state index in [1.807, 2.05) is 44.4 Å². The van der Waals surface area contributed by atoms with Crippen molar-refractivity contribution in [3.8, 4) is 6.01 Å². The number of anilines is 2. The highest BCUT2D eigenvalue weighted by molar-refractivity contribution is 5.33. The lowest BCUT2D eigenvalue weighted by Gasteiger charge is -2.11. The molecule has 1 heterocycles. The predicted octanol–water partition coefficient (Wildman–Crippen LogP) is 1.10. The maximum absolute atomic E-state index is 5.60. The largest absolute Gasteiger partial charge is 0.458 e. The average Bonchev–Trinajstić information content (AvgIpc) is 2.37. The number of nitrogen functional groups attached to an aromatic ring is 1. The van der Waals surface area contributed by atoms with E-state index in [1.54, 1.807) is 4.90 Å². The molecule has 2 N–H and O–H groups in total. The summed E-state index contributed by atoms with van der Waals surface area (Å²) in [4.78, 5) is 13.8. The standard InChI is InChI=1S/C12H15N5O/c1-17(2)11-14-10(13)15-12(16-11)18-8-9-6-4-3-5-7-9/h3-7H,8H2,1-2H3,(H2,13,14,15,16). The van der Waals surface area contributed by atoms with Crippen LogP contribution in [0.4, 0.5) is 11.9 Å². The second-order valence-electron chi connectivity index (χ2n) is 3.94. The average molecular weight is 245 g/mol. The molecule has 0 fully saturated rings. The zero-order valence-corrected chi connectivity index (χ0v) is 10.4. The molecule has 0 saturated heterocycles. The topological polar surface area (TPSA) is 77.2 Å². The Hall–Kier alpha value is -2.37. The fourth-order valence-corrected chi connectivity index (χ4v) is 1.35. The number of rotatable bonds is 4. The van der Waals surface area contributed by atoms with Crippen LogP contribution in [-0.2, 0) is 6.61 Å². The van der Waals surface area contributed by atoms with Crippen LogP contribution < -0.4 is 15.4 Å². The molecule has 18 heavy (non-hydrogen) atoms. The van der Waals surface area contributed by atoms with E-state index in [0.29, 0.717) is 12.6 Å². The second kappa shape index (κ2) is 5.31. The molecule has 0 aliphatic carbocycles. The van der Waals surface area contributed by atoms with Gasteiger partial charge in [0.25, 0.3) is 0 Å². The molecule has 0 amide bonds. The summed E-state index contributed by atoms with van der Waals surface area (Å²) >= 11 is 0. The van der Waals surface area contributed by atoms with Gasteiger partial charge in [0.15, 0.2) is 0 Å². The van der Waals surface area contributed by atoms with E-state index in [2.05, 4.69) is 15.0 Å². The van der Waals surface area contributed by atoms with Gasteiger partial charge in [0.2, 0.25) is 11.9 Å². The number of benzene rings is 1. The lowest BCUT2D eigenvalue weighted by atomic mass is 10.2. The van der Waals surface area contributed by atoms with E-state index in [0.717, 1.165) is 5.56 Å². The van der Waals surface area contributed by atoms with Crippen molar-refractivity contribution in [2.45, 2.75) is 6.61 Å². The van der Waals surface area contributed by atoms with Gasteiger partial charge in [-0.3, -0.25) is 0 Å². The van der Waals surface area contributed by atoms with Crippen LogP contribution in [0, 0.1) is 0 Å². The lowest BCUT2D eigenvalue weighted by Crippen LogP contribution is -2.15. The zero-order valence-electron chi connectivity index (χ0n) is 10.4. The monoisotopic (exact) mass is 245 g/mol. The number of hydrogen-bond acceptors (Lipinski definition) is 6. The number of nitrogens with zero attached hydrogens (tertiary/aromatic N) is 4. The van der Waals surface area contributed by atoms with Gasteiger partial charge in [0.1, 0.15) is 6.61 Å². The molecule has 0 aliphatic heterocycles. The van der Waals surface area contributed by atoms with Crippen molar-refractivity contribution < 1.29 is 4.74 Å². The number of hydrogen-bond donors (Lipinski definition) is 1. The Labute approximate surface area is 105 Å². The van der Waals surface area contributed by atoms with E-state index in [9.17, 15) is 0 Å². The van der Waals surface area contributed by atoms with Crippen LogP contribution in [-0.4, -0.2) is 29.0 Å². The Kier molecular flexibility index (Phi) is 3.57. The smallest absolute Gasteiger partial charge is 0.323 e. The van der Waals surface area contributed by atoms with E-state index in [1.165, 1.54) is 0 Å². The molecule has 6 heteroatoms. The third-order valence-corrected chi connectivity index (χ3v) is 2.23. The van der Waals surface area contributed by atoms with E-state index < -0.39 is 0 Å². The van der Waals surface area contributed by atoms with Crippen LogP contribution in [0.15, 0.2) is 30.3 Å². The molecule has 2 aromatic rings. The first-order valence-corrected chi connectivity index (χ1v) is 5.51. The Balaban J connectivity index is 2.10. The SMILES string of the molecule is CN(C)c1nc(N)nc(OCc2ccccc2)n1.